The summed E-state index contributed by atoms with van der Waals surface area (Å²) < 4.78 is 0. The number of nitrogens with two attached hydrogens (primary N) is 1. The van der Waals surface area contributed by atoms with Crippen LogP contribution < -0.4 is 10.6 Å². The van der Waals surface area contributed by atoms with Gasteiger partial charge in [0.2, 0.25) is 0 Å². The van der Waals surface area contributed by atoms with Gasteiger partial charge >= 0.3 is 0 Å². The zero-order valence-electron chi connectivity index (χ0n) is 12.6. The fraction of sp³-hybridized carbons (Fsp3) is 0.667. The lowest BCUT2D eigenvalue weighted by Gasteiger charge is -2.31. The summed E-state index contributed by atoms with van der Waals surface area (Å²) in [6.07, 6.45) is 5.72. The molecule has 5 heteroatoms. The number of rotatable bonds is 6. The molecule has 1 heterocycles. The first-order chi connectivity index (χ1) is 9.58. The van der Waals surface area contributed by atoms with Crippen LogP contribution in [0.4, 0.5) is 5.82 Å². The Balaban J connectivity index is 2.37. The lowest BCUT2D eigenvalue weighted by atomic mass is 9.85. The lowest BCUT2D eigenvalue weighted by molar-refractivity contribution is 0.321. The molecule has 110 valence electrons. The molecule has 0 radical (unpaired) electrons. The molecule has 1 aromatic heterocycles. The van der Waals surface area contributed by atoms with E-state index in [9.17, 15) is 0 Å². The average molecular weight is 292 g/mol. The maximum atomic E-state index is 5.97. The van der Waals surface area contributed by atoms with E-state index < -0.39 is 0 Å². The topological polar surface area (TPSA) is 55.0 Å². The smallest absolute Gasteiger partial charge is 0.161 e. The minimum absolute atomic E-state index is 0.432. The van der Waals surface area contributed by atoms with E-state index in [-0.39, 0.29) is 0 Å². The third kappa shape index (κ3) is 2.92. The predicted molar refractivity (Wildman–Crippen MR) is 87.3 cm³/mol. The van der Waals surface area contributed by atoms with Crippen LogP contribution in [-0.2, 0) is 12.8 Å². The van der Waals surface area contributed by atoms with E-state index in [1.54, 1.807) is 0 Å². The fourth-order valence-electron chi connectivity index (χ4n) is 2.84. The van der Waals surface area contributed by atoms with Crippen LogP contribution in [0.3, 0.4) is 0 Å². The molecule has 20 heavy (non-hydrogen) atoms. The van der Waals surface area contributed by atoms with E-state index in [1.807, 2.05) is 0 Å². The van der Waals surface area contributed by atoms with Gasteiger partial charge in [0.05, 0.1) is 11.3 Å². The number of aromatic nitrogens is 2. The molecule has 2 rings (SSSR count). The highest BCUT2D eigenvalue weighted by Crippen LogP contribution is 2.30. The Morgan fingerprint density at radius 3 is 2.45 bits per heavy atom. The molecule has 1 aliphatic carbocycles. The number of anilines is 1. The lowest BCUT2D eigenvalue weighted by Crippen LogP contribution is -2.32. The second-order valence-electron chi connectivity index (χ2n) is 5.57. The van der Waals surface area contributed by atoms with Crippen LogP contribution in [0.25, 0.3) is 0 Å². The quantitative estimate of drug-likeness (QED) is 0.816. The zero-order valence-corrected chi connectivity index (χ0v) is 13.5. The van der Waals surface area contributed by atoms with Crippen LogP contribution in [0.15, 0.2) is 0 Å². The Morgan fingerprint density at radius 1 is 1.30 bits per heavy atom. The molecule has 0 aliphatic heterocycles. The van der Waals surface area contributed by atoms with E-state index in [0.717, 1.165) is 47.9 Å². The fourth-order valence-corrected chi connectivity index (χ4v) is 3.05. The third-order valence-electron chi connectivity index (χ3n) is 4.19. The Labute approximate surface area is 126 Å². The van der Waals surface area contributed by atoms with Gasteiger partial charge in [-0.3, -0.25) is 0 Å². The number of hydrogen-bond donors (Lipinski definition) is 1. The van der Waals surface area contributed by atoms with Crippen LogP contribution >= 0.6 is 12.2 Å². The van der Waals surface area contributed by atoms with Gasteiger partial charge in [-0.2, -0.15) is 5.10 Å². The first-order valence-corrected chi connectivity index (χ1v) is 7.88. The summed E-state index contributed by atoms with van der Waals surface area (Å²) in [5.74, 6) is 1.62. The molecule has 0 saturated heterocycles. The predicted octanol–water partition coefficient (Wildman–Crippen LogP) is 2.47. The third-order valence-corrected chi connectivity index (χ3v) is 4.40. The second-order valence-corrected chi connectivity index (χ2v) is 6.01. The molecule has 0 aromatic carbocycles. The molecular formula is C15H24N4S. The van der Waals surface area contributed by atoms with Crippen molar-refractivity contribution in [3.8, 4) is 0 Å². The van der Waals surface area contributed by atoms with Gasteiger partial charge in [0.25, 0.3) is 0 Å². The maximum Gasteiger partial charge on any atom is 0.161 e. The van der Waals surface area contributed by atoms with Crippen molar-refractivity contribution in [3.05, 3.63) is 16.8 Å². The average Bonchev–Trinajstić information content (AvgIpc) is 2.40. The monoisotopic (exact) mass is 292 g/mol. The van der Waals surface area contributed by atoms with Crippen molar-refractivity contribution in [2.45, 2.75) is 46.0 Å². The number of thiocarbonyl (C=S) groups is 1. The van der Waals surface area contributed by atoms with Gasteiger partial charge in [-0.1, -0.05) is 32.5 Å². The summed E-state index contributed by atoms with van der Waals surface area (Å²) in [7, 11) is 2.06. The number of aryl methyl sites for hydroxylation is 1. The van der Waals surface area contributed by atoms with E-state index >= 15 is 0 Å². The molecule has 4 nitrogen and oxygen atoms in total. The molecule has 0 bridgehead atoms. The van der Waals surface area contributed by atoms with Gasteiger partial charge in [0.15, 0.2) is 5.82 Å². The molecule has 0 amide bonds. The number of nitrogens with zero attached hydrogens (tertiary/aromatic N) is 3. The van der Waals surface area contributed by atoms with E-state index in [0.29, 0.717) is 4.99 Å². The van der Waals surface area contributed by atoms with E-state index in [2.05, 4.69) is 36.0 Å². The van der Waals surface area contributed by atoms with Crippen molar-refractivity contribution in [2.24, 2.45) is 11.7 Å². The number of hydrogen-bond acceptors (Lipinski definition) is 4. The minimum atomic E-state index is 0.432. The van der Waals surface area contributed by atoms with Crippen molar-refractivity contribution in [3.63, 3.8) is 0 Å². The Hall–Kier alpha value is -1.23. The van der Waals surface area contributed by atoms with Crippen molar-refractivity contribution < 1.29 is 0 Å². The van der Waals surface area contributed by atoms with Crippen molar-refractivity contribution >= 4 is 23.0 Å². The van der Waals surface area contributed by atoms with Gasteiger partial charge in [0, 0.05) is 13.6 Å². The van der Waals surface area contributed by atoms with Gasteiger partial charge in [-0.25, -0.2) is 0 Å². The second kappa shape index (κ2) is 6.48. The molecule has 1 saturated carbocycles. The summed E-state index contributed by atoms with van der Waals surface area (Å²) in [6.45, 7) is 5.22. The highest BCUT2D eigenvalue weighted by atomic mass is 32.1. The molecule has 1 fully saturated rings. The molecule has 1 aliphatic rings. The molecular weight excluding hydrogens is 268 g/mol. The molecule has 1 aromatic rings. The summed E-state index contributed by atoms with van der Waals surface area (Å²) in [6, 6.07) is 0. The first kappa shape index (κ1) is 15.2. The SMILES string of the molecule is CCc1nnc(N(C)CC2CCC2)c(C(N)=S)c1CC. The van der Waals surface area contributed by atoms with Crippen LogP contribution in [0.5, 0.6) is 0 Å². The van der Waals surface area contributed by atoms with Gasteiger partial charge in [-0.05, 0) is 37.2 Å². The highest BCUT2D eigenvalue weighted by molar-refractivity contribution is 7.80. The molecule has 2 N–H and O–H groups in total. The van der Waals surface area contributed by atoms with E-state index in [1.165, 1.54) is 19.3 Å². The van der Waals surface area contributed by atoms with E-state index in [4.69, 9.17) is 18.0 Å². The Bertz CT molecular complexity index is 497. The Kier molecular flexibility index (Phi) is 4.91. The largest absolute Gasteiger partial charge is 0.389 e. The van der Waals surface area contributed by atoms with Crippen LogP contribution in [-0.4, -0.2) is 28.8 Å². The van der Waals surface area contributed by atoms with Crippen LogP contribution in [0, 0.1) is 5.92 Å². The summed E-state index contributed by atoms with van der Waals surface area (Å²) in [5.41, 5.74) is 9.06. The summed E-state index contributed by atoms with van der Waals surface area (Å²) >= 11 is 5.27. The van der Waals surface area contributed by atoms with Crippen LogP contribution in [0.2, 0.25) is 0 Å². The molecule has 0 spiro atoms. The van der Waals surface area contributed by atoms with Gasteiger partial charge < -0.3 is 10.6 Å². The molecule has 0 unspecified atom stereocenters. The summed E-state index contributed by atoms with van der Waals surface area (Å²) in [5, 5.41) is 8.78. The van der Waals surface area contributed by atoms with Crippen molar-refractivity contribution in [2.75, 3.05) is 18.5 Å². The van der Waals surface area contributed by atoms with Gasteiger partial charge in [-0.15, -0.1) is 5.10 Å². The molecule has 0 atom stereocenters. The maximum absolute atomic E-state index is 5.97. The normalized spacial score (nSPS) is 14.9. The van der Waals surface area contributed by atoms with Crippen molar-refractivity contribution in [1.29, 1.82) is 0 Å². The van der Waals surface area contributed by atoms with Crippen molar-refractivity contribution in [1.82, 2.24) is 10.2 Å². The minimum Gasteiger partial charge on any atom is -0.389 e. The standard InChI is InChI=1S/C15H24N4S/c1-4-11-12(5-2)17-18-15(13(11)14(16)20)19(3)9-10-7-6-8-10/h10H,4-9H2,1-3H3,(H2,16,20). The first-order valence-electron chi connectivity index (χ1n) is 7.47. The van der Waals surface area contributed by atoms with Crippen LogP contribution in [0.1, 0.15) is 49.9 Å². The summed E-state index contributed by atoms with van der Waals surface area (Å²) in [4.78, 5) is 2.60. The highest BCUT2D eigenvalue weighted by Gasteiger charge is 2.23. The zero-order chi connectivity index (χ0) is 14.7. The Morgan fingerprint density at radius 2 is 2.00 bits per heavy atom. The van der Waals surface area contributed by atoms with Gasteiger partial charge in [0.1, 0.15) is 4.99 Å².